The first-order valence-electron chi connectivity index (χ1n) is 6.10. The molecule has 0 aliphatic heterocycles. The van der Waals surface area contributed by atoms with Gasteiger partial charge in [0.2, 0.25) is 0 Å². The van der Waals surface area contributed by atoms with Gasteiger partial charge in [-0.3, -0.25) is 4.79 Å². The maximum Gasteiger partial charge on any atom is 0.416 e. The SMILES string of the molecule is CC(C)OC(=O)CNC(=O)Nc1cccc(C(F)(F)F)c1. The van der Waals surface area contributed by atoms with Gasteiger partial charge in [0.1, 0.15) is 6.54 Å². The number of anilines is 1. The van der Waals surface area contributed by atoms with Crippen molar-refractivity contribution in [1.82, 2.24) is 5.32 Å². The highest BCUT2D eigenvalue weighted by Gasteiger charge is 2.30. The highest BCUT2D eigenvalue weighted by atomic mass is 19.4. The molecule has 0 saturated heterocycles. The Hall–Kier alpha value is -2.25. The summed E-state index contributed by atoms with van der Waals surface area (Å²) in [4.78, 5) is 22.6. The predicted molar refractivity (Wildman–Crippen MR) is 69.7 cm³/mol. The van der Waals surface area contributed by atoms with Gasteiger partial charge < -0.3 is 15.4 Å². The largest absolute Gasteiger partial charge is 0.462 e. The summed E-state index contributed by atoms with van der Waals surface area (Å²) in [7, 11) is 0. The zero-order valence-electron chi connectivity index (χ0n) is 11.5. The van der Waals surface area contributed by atoms with E-state index in [1.54, 1.807) is 13.8 Å². The van der Waals surface area contributed by atoms with Crippen LogP contribution in [0, 0.1) is 0 Å². The van der Waals surface area contributed by atoms with Gasteiger partial charge in [0.05, 0.1) is 11.7 Å². The van der Waals surface area contributed by atoms with Gasteiger partial charge in [0, 0.05) is 5.69 Å². The minimum Gasteiger partial charge on any atom is -0.462 e. The fraction of sp³-hybridized carbons (Fsp3) is 0.385. The molecule has 0 radical (unpaired) electrons. The lowest BCUT2D eigenvalue weighted by atomic mass is 10.2. The number of hydrogen-bond acceptors (Lipinski definition) is 3. The minimum atomic E-state index is -4.49. The van der Waals surface area contributed by atoms with Crippen LogP contribution < -0.4 is 10.6 Å². The minimum absolute atomic E-state index is 0.0282. The lowest BCUT2D eigenvalue weighted by Crippen LogP contribution is -2.34. The quantitative estimate of drug-likeness (QED) is 0.841. The van der Waals surface area contributed by atoms with Crippen LogP contribution >= 0.6 is 0 Å². The Bertz CT molecular complexity index is 516. The second-order valence-electron chi connectivity index (χ2n) is 4.42. The maximum atomic E-state index is 12.5. The smallest absolute Gasteiger partial charge is 0.416 e. The first-order valence-corrected chi connectivity index (χ1v) is 6.10. The summed E-state index contributed by atoms with van der Waals surface area (Å²) < 4.78 is 42.3. The van der Waals surface area contributed by atoms with E-state index < -0.39 is 23.7 Å². The van der Waals surface area contributed by atoms with Crippen molar-refractivity contribution in [3.05, 3.63) is 29.8 Å². The molecule has 2 amide bonds. The molecule has 116 valence electrons. The topological polar surface area (TPSA) is 67.4 Å². The fourth-order valence-electron chi connectivity index (χ4n) is 1.41. The van der Waals surface area contributed by atoms with E-state index in [2.05, 4.69) is 10.6 Å². The number of carbonyl (C=O) groups excluding carboxylic acids is 2. The molecule has 1 aromatic rings. The maximum absolute atomic E-state index is 12.5. The Morgan fingerprint density at radius 2 is 1.95 bits per heavy atom. The average molecular weight is 304 g/mol. The Balaban J connectivity index is 2.54. The number of benzene rings is 1. The summed E-state index contributed by atoms with van der Waals surface area (Å²) in [5, 5.41) is 4.39. The van der Waals surface area contributed by atoms with Crippen molar-refractivity contribution in [2.75, 3.05) is 11.9 Å². The first-order chi connectivity index (χ1) is 9.68. The molecule has 5 nitrogen and oxygen atoms in total. The van der Waals surface area contributed by atoms with Gasteiger partial charge in [0.25, 0.3) is 0 Å². The zero-order chi connectivity index (χ0) is 16.0. The van der Waals surface area contributed by atoms with Crippen molar-refractivity contribution in [3.8, 4) is 0 Å². The molecule has 0 aliphatic carbocycles. The van der Waals surface area contributed by atoms with Gasteiger partial charge in [-0.2, -0.15) is 13.2 Å². The normalized spacial score (nSPS) is 11.1. The van der Waals surface area contributed by atoms with Crippen LogP contribution in [0.4, 0.5) is 23.7 Å². The van der Waals surface area contributed by atoms with Crippen LogP contribution in [-0.4, -0.2) is 24.6 Å². The second-order valence-corrected chi connectivity index (χ2v) is 4.42. The van der Waals surface area contributed by atoms with E-state index in [1.807, 2.05) is 0 Å². The number of alkyl halides is 3. The number of halogens is 3. The summed E-state index contributed by atoms with van der Waals surface area (Å²) >= 11 is 0. The molecular formula is C13H15F3N2O3. The zero-order valence-corrected chi connectivity index (χ0v) is 11.5. The number of carbonyl (C=O) groups is 2. The molecule has 0 atom stereocenters. The molecule has 0 heterocycles. The molecule has 0 aromatic heterocycles. The standard InChI is InChI=1S/C13H15F3N2O3/c1-8(2)21-11(19)7-17-12(20)18-10-5-3-4-9(6-10)13(14,15)16/h3-6,8H,7H2,1-2H3,(H2,17,18,20). The van der Waals surface area contributed by atoms with Crippen molar-refractivity contribution in [2.24, 2.45) is 0 Å². The van der Waals surface area contributed by atoms with Crippen molar-refractivity contribution >= 4 is 17.7 Å². The van der Waals surface area contributed by atoms with E-state index in [0.717, 1.165) is 12.1 Å². The average Bonchev–Trinajstić information content (AvgIpc) is 2.35. The van der Waals surface area contributed by atoms with E-state index in [0.29, 0.717) is 0 Å². The summed E-state index contributed by atoms with van der Waals surface area (Å²) in [6.07, 6.45) is -4.80. The fourth-order valence-corrected chi connectivity index (χ4v) is 1.41. The van der Waals surface area contributed by atoms with Crippen molar-refractivity contribution in [1.29, 1.82) is 0 Å². The van der Waals surface area contributed by atoms with Crippen LogP contribution in [0.3, 0.4) is 0 Å². The predicted octanol–water partition coefficient (Wildman–Crippen LogP) is 2.78. The highest BCUT2D eigenvalue weighted by molar-refractivity contribution is 5.91. The third-order valence-electron chi connectivity index (χ3n) is 2.21. The summed E-state index contributed by atoms with van der Waals surface area (Å²) in [6, 6.07) is 3.37. The molecule has 2 N–H and O–H groups in total. The number of amides is 2. The molecule has 0 fully saturated rings. The number of rotatable bonds is 4. The van der Waals surface area contributed by atoms with Crippen LogP contribution in [-0.2, 0) is 15.7 Å². The number of ether oxygens (including phenoxy) is 1. The second kappa shape index (κ2) is 6.96. The monoisotopic (exact) mass is 304 g/mol. The summed E-state index contributed by atoms with van der Waals surface area (Å²) in [6.45, 7) is 2.93. The number of urea groups is 1. The Morgan fingerprint density at radius 1 is 1.29 bits per heavy atom. The first kappa shape index (κ1) is 16.8. The van der Waals surface area contributed by atoms with Gasteiger partial charge in [-0.25, -0.2) is 4.79 Å². The molecule has 0 aliphatic rings. The summed E-state index contributed by atoms with van der Waals surface area (Å²) in [5.41, 5.74) is -0.904. The van der Waals surface area contributed by atoms with Crippen LogP contribution in [0.5, 0.6) is 0 Å². The molecule has 0 unspecified atom stereocenters. The number of esters is 1. The lowest BCUT2D eigenvalue weighted by Gasteiger charge is -2.11. The molecule has 0 saturated carbocycles. The van der Waals surface area contributed by atoms with Crippen molar-refractivity contribution < 1.29 is 27.5 Å². The third-order valence-corrected chi connectivity index (χ3v) is 2.21. The molecule has 8 heteroatoms. The Labute approximate surface area is 119 Å². The van der Waals surface area contributed by atoms with E-state index >= 15 is 0 Å². The van der Waals surface area contributed by atoms with Crippen molar-refractivity contribution in [2.45, 2.75) is 26.1 Å². The molecular weight excluding hydrogens is 289 g/mol. The van der Waals surface area contributed by atoms with Crippen molar-refractivity contribution in [3.63, 3.8) is 0 Å². The van der Waals surface area contributed by atoms with Gasteiger partial charge in [0.15, 0.2) is 0 Å². The Morgan fingerprint density at radius 3 is 2.52 bits per heavy atom. The molecule has 1 rings (SSSR count). The van der Waals surface area contributed by atoms with Crippen LogP contribution in [0.2, 0.25) is 0 Å². The Kier molecular flexibility index (Phi) is 5.57. The van der Waals surface area contributed by atoms with Crippen LogP contribution in [0.15, 0.2) is 24.3 Å². The van der Waals surface area contributed by atoms with Gasteiger partial charge in [-0.1, -0.05) is 6.07 Å². The third kappa shape index (κ3) is 6.15. The van der Waals surface area contributed by atoms with Crippen LogP contribution in [0.1, 0.15) is 19.4 Å². The number of nitrogens with one attached hydrogen (secondary N) is 2. The molecule has 21 heavy (non-hydrogen) atoms. The van der Waals surface area contributed by atoms with Gasteiger partial charge >= 0.3 is 18.2 Å². The molecule has 0 spiro atoms. The van der Waals surface area contributed by atoms with Gasteiger partial charge in [-0.15, -0.1) is 0 Å². The van der Waals surface area contributed by atoms with E-state index in [9.17, 15) is 22.8 Å². The van der Waals surface area contributed by atoms with Gasteiger partial charge in [-0.05, 0) is 32.0 Å². The lowest BCUT2D eigenvalue weighted by molar-refractivity contribution is -0.146. The van der Waals surface area contributed by atoms with E-state index in [-0.39, 0.29) is 18.3 Å². The van der Waals surface area contributed by atoms with E-state index in [1.165, 1.54) is 12.1 Å². The number of hydrogen-bond donors (Lipinski definition) is 2. The molecule has 0 bridgehead atoms. The summed E-state index contributed by atoms with van der Waals surface area (Å²) in [5.74, 6) is -0.635. The highest BCUT2D eigenvalue weighted by Crippen LogP contribution is 2.30. The van der Waals surface area contributed by atoms with Crippen LogP contribution in [0.25, 0.3) is 0 Å². The van der Waals surface area contributed by atoms with E-state index in [4.69, 9.17) is 4.74 Å². The molecule has 1 aromatic carbocycles.